The first-order valence-electron chi connectivity index (χ1n) is 7.38. The van der Waals surface area contributed by atoms with Crippen LogP contribution in [0.25, 0.3) is 0 Å². The molecule has 2 rings (SSSR count). The van der Waals surface area contributed by atoms with E-state index in [2.05, 4.69) is 5.32 Å². The summed E-state index contributed by atoms with van der Waals surface area (Å²) in [5, 5.41) is 20.6. The van der Waals surface area contributed by atoms with Crippen LogP contribution in [0, 0.1) is 5.82 Å². The largest absolute Gasteiger partial charge is 0.395 e. The number of nitrogens with one attached hydrogen (secondary N) is 1. The van der Waals surface area contributed by atoms with Gasteiger partial charge < -0.3 is 25.3 Å². The zero-order valence-corrected chi connectivity index (χ0v) is 12.6. The second-order valence-electron chi connectivity index (χ2n) is 5.27. The lowest BCUT2D eigenvalue weighted by Gasteiger charge is -2.23. The fourth-order valence-corrected chi connectivity index (χ4v) is 2.52. The Kier molecular flexibility index (Phi) is 5.89. The van der Waals surface area contributed by atoms with Crippen molar-refractivity contribution in [2.45, 2.75) is 12.5 Å². The molecule has 3 amide bonds. The first-order valence-corrected chi connectivity index (χ1v) is 7.38. The molecule has 1 atom stereocenters. The maximum absolute atomic E-state index is 13.3. The standard InChI is InChI=1S/C15H20FN3O4/c16-11-2-1-3-13(8-11)19-10-12(9-14(19)22)17-15(23)18(4-6-20)5-7-21/h1-3,8,12,20-21H,4-7,9-10H2,(H,17,23)/t12-/m0/s1. The lowest BCUT2D eigenvalue weighted by molar-refractivity contribution is -0.117. The number of carbonyl (C=O) groups is 2. The minimum absolute atomic E-state index is 0.0979. The van der Waals surface area contributed by atoms with Gasteiger partial charge in [0.2, 0.25) is 5.91 Å². The Morgan fingerprint density at radius 3 is 2.65 bits per heavy atom. The van der Waals surface area contributed by atoms with Gasteiger partial charge in [0.15, 0.2) is 0 Å². The highest BCUT2D eigenvalue weighted by atomic mass is 19.1. The van der Waals surface area contributed by atoms with E-state index in [1.54, 1.807) is 6.07 Å². The van der Waals surface area contributed by atoms with Gasteiger partial charge in [-0.1, -0.05) is 6.07 Å². The van der Waals surface area contributed by atoms with Gasteiger partial charge in [-0.3, -0.25) is 4.79 Å². The number of urea groups is 1. The monoisotopic (exact) mass is 325 g/mol. The number of aliphatic hydroxyl groups excluding tert-OH is 2. The van der Waals surface area contributed by atoms with Crippen molar-refractivity contribution in [3.63, 3.8) is 0 Å². The van der Waals surface area contributed by atoms with Crippen molar-refractivity contribution in [2.75, 3.05) is 37.7 Å². The fraction of sp³-hybridized carbons (Fsp3) is 0.467. The number of benzene rings is 1. The Hall–Kier alpha value is -2.19. The normalized spacial score (nSPS) is 17.4. The summed E-state index contributed by atoms with van der Waals surface area (Å²) in [5.74, 6) is -0.628. The number of nitrogens with zero attached hydrogens (tertiary/aromatic N) is 2. The average Bonchev–Trinajstić information content (AvgIpc) is 2.87. The first-order chi connectivity index (χ1) is 11.0. The molecule has 0 saturated carbocycles. The van der Waals surface area contributed by atoms with Crippen molar-refractivity contribution in [3.8, 4) is 0 Å². The van der Waals surface area contributed by atoms with E-state index >= 15 is 0 Å². The molecule has 0 bridgehead atoms. The summed E-state index contributed by atoms with van der Waals surface area (Å²) in [6.07, 6.45) is 0.119. The second-order valence-corrected chi connectivity index (χ2v) is 5.27. The summed E-state index contributed by atoms with van der Waals surface area (Å²) in [4.78, 5) is 26.8. The molecular weight excluding hydrogens is 305 g/mol. The third-order valence-corrected chi connectivity index (χ3v) is 3.60. The Morgan fingerprint density at radius 1 is 1.35 bits per heavy atom. The van der Waals surface area contributed by atoms with Gasteiger partial charge in [-0.05, 0) is 18.2 Å². The van der Waals surface area contributed by atoms with E-state index in [1.165, 1.54) is 28.0 Å². The Balaban J connectivity index is 1.98. The molecule has 0 unspecified atom stereocenters. The van der Waals surface area contributed by atoms with E-state index in [-0.39, 0.29) is 45.2 Å². The summed E-state index contributed by atoms with van der Waals surface area (Å²) in [6, 6.07) is 4.87. The van der Waals surface area contributed by atoms with Crippen molar-refractivity contribution in [3.05, 3.63) is 30.1 Å². The Morgan fingerprint density at radius 2 is 2.04 bits per heavy atom. The first kappa shape index (κ1) is 17.2. The van der Waals surface area contributed by atoms with Gasteiger partial charge in [0.25, 0.3) is 0 Å². The quantitative estimate of drug-likeness (QED) is 0.682. The van der Waals surface area contributed by atoms with Gasteiger partial charge >= 0.3 is 6.03 Å². The van der Waals surface area contributed by atoms with E-state index in [9.17, 15) is 14.0 Å². The van der Waals surface area contributed by atoms with E-state index in [1.807, 2.05) is 0 Å². The molecule has 1 fully saturated rings. The molecule has 1 aromatic rings. The molecule has 23 heavy (non-hydrogen) atoms. The summed E-state index contributed by atoms with van der Waals surface area (Å²) < 4.78 is 13.3. The van der Waals surface area contributed by atoms with Crippen LogP contribution in [0.1, 0.15) is 6.42 Å². The number of hydrogen-bond donors (Lipinski definition) is 3. The fourth-order valence-electron chi connectivity index (χ4n) is 2.52. The molecule has 0 radical (unpaired) electrons. The lowest BCUT2D eigenvalue weighted by atomic mass is 10.2. The van der Waals surface area contributed by atoms with Gasteiger partial charge in [-0.15, -0.1) is 0 Å². The van der Waals surface area contributed by atoms with Gasteiger partial charge in [-0.2, -0.15) is 0 Å². The molecule has 0 aliphatic carbocycles. The highest BCUT2D eigenvalue weighted by Gasteiger charge is 2.32. The summed E-state index contributed by atoms with van der Waals surface area (Å²) >= 11 is 0. The zero-order chi connectivity index (χ0) is 16.8. The zero-order valence-electron chi connectivity index (χ0n) is 12.6. The SMILES string of the molecule is O=C(N[C@H]1CC(=O)N(c2cccc(F)c2)C1)N(CCO)CCO. The van der Waals surface area contributed by atoms with E-state index in [0.717, 1.165) is 0 Å². The summed E-state index contributed by atoms with van der Waals surface area (Å²) in [5.41, 5.74) is 0.453. The van der Waals surface area contributed by atoms with E-state index < -0.39 is 17.9 Å². The molecule has 1 aromatic carbocycles. The minimum Gasteiger partial charge on any atom is -0.395 e. The highest BCUT2D eigenvalue weighted by Crippen LogP contribution is 2.22. The number of amides is 3. The number of aliphatic hydroxyl groups is 2. The summed E-state index contributed by atoms with van der Waals surface area (Å²) in [7, 11) is 0. The van der Waals surface area contributed by atoms with Crippen LogP contribution < -0.4 is 10.2 Å². The molecule has 0 aromatic heterocycles. The van der Waals surface area contributed by atoms with Crippen LogP contribution in [0.15, 0.2) is 24.3 Å². The Labute approximate surface area is 133 Å². The van der Waals surface area contributed by atoms with Crippen molar-refractivity contribution in [2.24, 2.45) is 0 Å². The molecule has 1 aliphatic rings. The topological polar surface area (TPSA) is 93.1 Å². The van der Waals surface area contributed by atoms with Crippen LogP contribution >= 0.6 is 0 Å². The predicted octanol–water partition coefficient (Wildman–Crippen LogP) is -0.0728. The maximum Gasteiger partial charge on any atom is 0.317 e. The van der Waals surface area contributed by atoms with Crippen LogP contribution in [-0.4, -0.2) is 65.9 Å². The van der Waals surface area contributed by atoms with Crippen LogP contribution in [0.4, 0.5) is 14.9 Å². The lowest BCUT2D eigenvalue weighted by Crippen LogP contribution is -2.47. The van der Waals surface area contributed by atoms with Gasteiger partial charge in [-0.25, -0.2) is 9.18 Å². The molecule has 0 spiro atoms. The van der Waals surface area contributed by atoms with Crippen LogP contribution in [0.3, 0.4) is 0 Å². The minimum atomic E-state index is -0.452. The third-order valence-electron chi connectivity index (χ3n) is 3.60. The summed E-state index contributed by atoms with van der Waals surface area (Å²) in [6.45, 7) is 0.0142. The number of hydrogen-bond acceptors (Lipinski definition) is 4. The number of rotatable bonds is 6. The third kappa shape index (κ3) is 4.40. The van der Waals surface area contributed by atoms with Crippen molar-refractivity contribution >= 4 is 17.6 Å². The molecule has 8 heteroatoms. The van der Waals surface area contributed by atoms with Gasteiger partial charge in [0.05, 0.1) is 19.3 Å². The van der Waals surface area contributed by atoms with Crippen molar-refractivity contribution in [1.29, 1.82) is 0 Å². The number of anilines is 1. The smallest absolute Gasteiger partial charge is 0.317 e. The van der Waals surface area contributed by atoms with Gasteiger partial charge in [0.1, 0.15) is 5.82 Å². The second kappa shape index (κ2) is 7.89. The molecule has 1 aliphatic heterocycles. The number of halogens is 1. The highest BCUT2D eigenvalue weighted by molar-refractivity contribution is 5.96. The van der Waals surface area contributed by atoms with Crippen molar-refractivity contribution < 1.29 is 24.2 Å². The van der Waals surface area contributed by atoms with Gasteiger partial charge in [0, 0.05) is 31.7 Å². The molecule has 1 saturated heterocycles. The average molecular weight is 325 g/mol. The van der Waals surface area contributed by atoms with Crippen LogP contribution in [0.2, 0.25) is 0 Å². The van der Waals surface area contributed by atoms with Crippen LogP contribution in [0.5, 0.6) is 0 Å². The molecule has 126 valence electrons. The number of carbonyl (C=O) groups excluding carboxylic acids is 2. The molecule has 3 N–H and O–H groups in total. The maximum atomic E-state index is 13.3. The predicted molar refractivity (Wildman–Crippen MR) is 81.4 cm³/mol. The van der Waals surface area contributed by atoms with Crippen LogP contribution in [-0.2, 0) is 4.79 Å². The molecule has 7 nitrogen and oxygen atoms in total. The van der Waals surface area contributed by atoms with E-state index in [4.69, 9.17) is 10.2 Å². The van der Waals surface area contributed by atoms with Crippen molar-refractivity contribution in [1.82, 2.24) is 10.2 Å². The van der Waals surface area contributed by atoms with E-state index in [0.29, 0.717) is 5.69 Å². The Bertz CT molecular complexity index is 563. The molecule has 1 heterocycles. The molecular formula is C15H20FN3O4.